The van der Waals surface area contributed by atoms with Gasteiger partial charge in [-0.1, -0.05) is 37.8 Å². The fraction of sp³-hybridized carbons (Fsp3) is 0.429. The van der Waals surface area contributed by atoms with E-state index >= 15 is 0 Å². The standard InChI is InChI=1S/C14H22OSSi/c1-17(2,3)13-11-15-10-7-12-16-14-8-5-4-6-9-14/h4-10H,11-13H2,1-3H3/b10-7+. The SMILES string of the molecule is C[Si](C)(C)CCO/C=C/CSc1ccccc1. The fourth-order valence-corrected chi connectivity index (χ4v) is 2.65. The molecule has 0 N–H and O–H groups in total. The van der Waals surface area contributed by atoms with Gasteiger partial charge in [0.05, 0.1) is 12.9 Å². The third-order valence-corrected chi connectivity index (χ3v) is 4.92. The van der Waals surface area contributed by atoms with Crippen LogP contribution in [0.25, 0.3) is 0 Å². The van der Waals surface area contributed by atoms with Crippen LogP contribution >= 0.6 is 11.8 Å². The average Bonchev–Trinajstić information content (AvgIpc) is 2.28. The van der Waals surface area contributed by atoms with E-state index in [1.807, 2.05) is 24.1 Å². The average molecular weight is 266 g/mol. The smallest absolute Gasteiger partial charge is 0.0849 e. The summed E-state index contributed by atoms with van der Waals surface area (Å²) < 4.78 is 5.49. The van der Waals surface area contributed by atoms with Gasteiger partial charge in [-0.05, 0) is 24.3 Å². The Morgan fingerprint density at radius 3 is 2.53 bits per heavy atom. The maximum Gasteiger partial charge on any atom is 0.0849 e. The van der Waals surface area contributed by atoms with Crippen molar-refractivity contribution in [2.75, 3.05) is 12.4 Å². The molecular formula is C14H22OSSi. The summed E-state index contributed by atoms with van der Waals surface area (Å²) >= 11 is 1.83. The Morgan fingerprint density at radius 2 is 1.88 bits per heavy atom. The number of ether oxygens (including phenoxy) is 1. The Morgan fingerprint density at radius 1 is 1.18 bits per heavy atom. The number of rotatable bonds is 7. The van der Waals surface area contributed by atoms with Gasteiger partial charge >= 0.3 is 0 Å². The van der Waals surface area contributed by atoms with Gasteiger partial charge in [0, 0.05) is 18.7 Å². The van der Waals surface area contributed by atoms with Crippen molar-refractivity contribution in [3.05, 3.63) is 42.7 Å². The largest absolute Gasteiger partial charge is 0.502 e. The molecule has 0 amide bonds. The maximum absolute atomic E-state index is 5.49. The highest BCUT2D eigenvalue weighted by molar-refractivity contribution is 7.99. The second kappa shape index (κ2) is 7.61. The van der Waals surface area contributed by atoms with Crippen molar-refractivity contribution in [1.82, 2.24) is 0 Å². The van der Waals surface area contributed by atoms with Crippen molar-refractivity contribution in [3.63, 3.8) is 0 Å². The Labute approximate surface area is 110 Å². The van der Waals surface area contributed by atoms with Crippen LogP contribution in [-0.2, 0) is 4.74 Å². The lowest BCUT2D eigenvalue weighted by Gasteiger charge is -2.14. The number of hydrogen-bond donors (Lipinski definition) is 0. The zero-order valence-corrected chi connectivity index (χ0v) is 12.8. The summed E-state index contributed by atoms with van der Waals surface area (Å²) in [7, 11) is -0.942. The minimum Gasteiger partial charge on any atom is -0.502 e. The van der Waals surface area contributed by atoms with Crippen LogP contribution in [0.1, 0.15) is 0 Å². The molecule has 0 unspecified atom stereocenters. The molecule has 3 heteroatoms. The van der Waals surface area contributed by atoms with Gasteiger partial charge in [0.15, 0.2) is 0 Å². The Kier molecular flexibility index (Phi) is 6.44. The van der Waals surface area contributed by atoms with Crippen molar-refractivity contribution in [2.45, 2.75) is 30.6 Å². The molecule has 0 saturated heterocycles. The van der Waals surface area contributed by atoms with Crippen LogP contribution < -0.4 is 0 Å². The van der Waals surface area contributed by atoms with E-state index in [0.29, 0.717) is 0 Å². The first-order chi connectivity index (χ1) is 8.08. The number of hydrogen-bond acceptors (Lipinski definition) is 2. The predicted octanol–water partition coefficient (Wildman–Crippen LogP) is 4.65. The molecule has 0 aliphatic heterocycles. The molecule has 1 rings (SSSR count). The van der Waals surface area contributed by atoms with E-state index < -0.39 is 8.07 Å². The highest BCUT2D eigenvalue weighted by Crippen LogP contribution is 2.16. The zero-order chi connectivity index (χ0) is 12.6. The van der Waals surface area contributed by atoms with Crippen molar-refractivity contribution < 1.29 is 4.74 Å². The normalized spacial score (nSPS) is 11.9. The molecule has 1 aromatic rings. The summed E-state index contributed by atoms with van der Waals surface area (Å²) in [5.74, 6) is 0.969. The molecule has 17 heavy (non-hydrogen) atoms. The first kappa shape index (κ1) is 14.4. The minimum atomic E-state index is -0.942. The van der Waals surface area contributed by atoms with E-state index in [1.54, 1.807) is 0 Å². The first-order valence-corrected chi connectivity index (χ1v) is 10.7. The molecule has 1 nitrogen and oxygen atoms in total. The summed E-state index contributed by atoms with van der Waals surface area (Å²) in [6, 6.07) is 11.7. The molecule has 0 bridgehead atoms. The van der Waals surface area contributed by atoms with Crippen molar-refractivity contribution in [2.24, 2.45) is 0 Å². The maximum atomic E-state index is 5.49. The van der Waals surface area contributed by atoms with Gasteiger partial charge in [0.2, 0.25) is 0 Å². The lowest BCUT2D eigenvalue weighted by Crippen LogP contribution is -2.20. The molecular weight excluding hydrogens is 244 g/mol. The quantitative estimate of drug-likeness (QED) is 0.307. The molecule has 0 spiro atoms. The van der Waals surface area contributed by atoms with Gasteiger partial charge in [-0.25, -0.2) is 0 Å². The van der Waals surface area contributed by atoms with Crippen LogP contribution in [0.4, 0.5) is 0 Å². The monoisotopic (exact) mass is 266 g/mol. The van der Waals surface area contributed by atoms with Gasteiger partial charge in [0.25, 0.3) is 0 Å². The fourth-order valence-electron chi connectivity index (χ4n) is 1.20. The summed E-state index contributed by atoms with van der Waals surface area (Å²) in [4.78, 5) is 1.30. The van der Waals surface area contributed by atoms with Gasteiger partial charge in [-0.3, -0.25) is 0 Å². The highest BCUT2D eigenvalue weighted by Gasteiger charge is 2.11. The summed E-state index contributed by atoms with van der Waals surface area (Å²) in [5.41, 5.74) is 0. The van der Waals surface area contributed by atoms with Crippen LogP contribution in [-0.4, -0.2) is 20.4 Å². The third-order valence-electron chi connectivity index (χ3n) is 2.25. The van der Waals surface area contributed by atoms with Crippen LogP contribution in [0, 0.1) is 0 Å². The molecule has 0 aliphatic carbocycles. The number of thioether (sulfide) groups is 1. The van der Waals surface area contributed by atoms with Crippen LogP contribution in [0.3, 0.4) is 0 Å². The molecule has 0 radical (unpaired) electrons. The molecule has 0 saturated carbocycles. The molecule has 94 valence electrons. The molecule has 0 heterocycles. The van der Waals surface area contributed by atoms with E-state index in [9.17, 15) is 0 Å². The van der Waals surface area contributed by atoms with Crippen molar-refractivity contribution in [3.8, 4) is 0 Å². The van der Waals surface area contributed by atoms with Crippen molar-refractivity contribution in [1.29, 1.82) is 0 Å². The second-order valence-corrected chi connectivity index (χ2v) is 11.9. The lowest BCUT2D eigenvalue weighted by molar-refractivity contribution is 0.267. The lowest BCUT2D eigenvalue weighted by atomic mass is 10.4. The third kappa shape index (κ3) is 8.10. The van der Waals surface area contributed by atoms with E-state index in [0.717, 1.165) is 12.4 Å². The molecule has 0 atom stereocenters. The van der Waals surface area contributed by atoms with Crippen LogP contribution in [0.5, 0.6) is 0 Å². The Balaban J connectivity index is 2.07. The zero-order valence-electron chi connectivity index (χ0n) is 11.0. The van der Waals surface area contributed by atoms with Crippen LogP contribution in [0.2, 0.25) is 25.7 Å². The minimum absolute atomic E-state index is 0.863. The number of benzene rings is 1. The van der Waals surface area contributed by atoms with Gasteiger partial charge in [-0.2, -0.15) is 0 Å². The van der Waals surface area contributed by atoms with Crippen molar-refractivity contribution >= 4 is 19.8 Å². The van der Waals surface area contributed by atoms with Gasteiger partial charge in [-0.15, -0.1) is 11.8 Å². The van der Waals surface area contributed by atoms with Gasteiger partial charge in [0.1, 0.15) is 0 Å². The highest BCUT2D eigenvalue weighted by atomic mass is 32.2. The van der Waals surface area contributed by atoms with E-state index in [2.05, 4.69) is 50.0 Å². The molecule has 0 aromatic heterocycles. The summed E-state index contributed by atoms with van der Waals surface area (Å²) in [5, 5.41) is 0. The van der Waals surface area contributed by atoms with Gasteiger partial charge < -0.3 is 4.74 Å². The Hall–Kier alpha value is -0.673. The van der Waals surface area contributed by atoms with E-state index in [1.165, 1.54) is 10.9 Å². The molecule has 1 aromatic carbocycles. The molecule has 0 aliphatic rings. The Bertz CT molecular complexity index is 330. The topological polar surface area (TPSA) is 9.23 Å². The van der Waals surface area contributed by atoms with Crippen LogP contribution in [0.15, 0.2) is 47.6 Å². The molecule has 0 fully saturated rings. The van der Waals surface area contributed by atoms with E-state index in [4.69, 9.17) is 4.74 Å². The summed E-state index contributed by atoms with van der Waals surface area (Å²) in [6.07, 6.45) is 3.93. The summed E-state index contributed by atoms with van der Waals surface area (Å²) in [6.45, 7) is 7.96. The van der Waals surface area contributed by atoms with E-state index in [-0.39, 0.29) is 0 Å². The second-order valence-electron chi connectivity index (χ2n) is 5.18. The first-order valence-electron chi connectivity index (χ1n) is 6.02. The predicted molar refractivity (Wildman–Crippen MR) is 80.4 cm³/mol.